The van der Waals surface area contributed by atoms with Gasteiger partial charge in [-0.05, 0) is 43.7 Å². The lowest BCUT2D eigenvalue weighted by molar-refractivity contribution is -0.120. The number of rotatable bonds is 4. The molecule has 0 aromatic heterocycles. The molecule has 1 aliphatic heterocycles. The lowest BCUT2D eigenvalue weighted by atomic mass is 10.0. The van der Waals surface area contributed by atoms with Gasteiger partial charge in [-0.25, -0.2) is 4.39 Å². The molecule has 1 saturated heterocycles. The predicted octanol–water partition coefficient (Wildman–Crippen LogP) is 2.13. The zero-order chi connectivity index (χ0) is 15.4. The van der Waals surface area contributed by atoms with E-state index in [4.69, 9.17) is 0 Å². The van der Waals surface area contributed by atoms with E-state index in [-0.39, 0.29) is 17.8 Å². The van der Waals surface area contributed by atoms with Gasteiger partial charge in [-0.3, -0.25) is 4.79 Å². The van der Waals surface area contributed by atoms with Crippen molar-refractivity contribution in [1.29, 1.82) is 0 Å². The van der Waals surface area contributed by atoms with Gasteiger partial charge in [-0.2, -0.15) is 0 Å². The molecule has 1 aliphatic rings. The van der Waals surface area contributed by atoms with Gasteiger partial charge in [0, 0.05) is 37.8 Å². The molecule has 1 atom stereocenters. The van der Waals surface area contributed by atoms with Crippen molar-refractivity contribution in [2.24, 2.45) is 0 Å². The molecule has 1 aromatic carbocycles. The Morgan fingerprint density at radius 3 is 2.90 bits per heavy atom. The van der Waals surface area contributed by atoms with Gasteiger partial charge < -0.3 is 15.5 Å². The van der Waals surface area contributed by atoms with E-state index in [0.717, 1.165) is 24.3 Å². The van der Waals surface area contributed by atoms with Gasteiger partial charge in [0.05, 0.1) is 0 Å². The first kappa shape index (κ1) is 15.8. The second-order valence-electron chi connectivity index (χ2n) is 5.53. The largest absolute Gasteiger partial charge is 0.369 e. The second kappa shape index (κ2) is 6.89. The molecule has 1 unspecified atom stereocenters. The van der Waals surface area contributed by atoms with Crippen molar-refractivity contribution in [1.82, 2.24) is 10.6 Å². The standard InChI is InChI=1S/C16H24FN3O/c1-4-18-12(3)13-10-14(17)11(2)9-15(13)20-7-5-16(21)19-6-8-20/h9-10,12,18H,4-8H2,1-3H3,(H,19,21). The van der Waals surface area contributed by atoms with Crippen LogP contribution < -0.4 is 15.5 Å². The van der Waals surface area contributed by atoms with Crippen LogP contribution in [-0.2, 0) is 4.79 Å². The maximum absolute atomic E-state index is 14.0. The fourth-order valence-electron chi connectivity index (χ4n) is 2.73. The summed E-state index contributed by atoms with van der Waals surface area (Å²) in [6.07, 6.45) is 0.478. The molecule has 0 saturated carbocycles. The number of hydrogen-bond donors (Lipinski definition) is 2. The van der Waals surface area contributed by atoms with Gasteiger partial charge in [-0.15, -0.1) is 0 Å². The third-order valence-corrected chi connectivity index (χ3v) is 3.94. The molecule has 0 radical (unpaired) electrons. The molecule has 0 spiro atoms. The molecule has 21 heavy (non-hydrogen) atoms. The molecular weight excluding hydrogens is 269 g/mol. The van der Waals surface area contributed by atoms with Crippen LogP contribution in [0.15, 0.2) is 12.1 Å². The van der Waals surface area contributed by atoms with Crippen LogP contribution in [0.5, 0.6) is 0 Å². The Hall–Kier alpha value is -1.62. The van der Waals surface area contributed by atoms with E-state index in [9.17, 15) is 9.18 Å². The fraction of sp³-hybridized carbons (Fsp3) is 0.562. The van der Waals surface area contributed by atoms with Crippen molar-refractivity contribution in [2.45, 2.75) is 33.2 Å². The van der Waals surface area contributed by atoms with E-state index in [1.165, 1.54) is 0 Å². The third-order valence-electron chi connectivity index (χ3n) is 3.94. The van der Waals surface area contributed by atoms with E-state index >= 15 is 0 Å². The molecule has 0 bridgehead atoms. The summed E-state index contributed by atoms with van der Waals surface area (Å²) in [5.74, 6) is -0.0971. The lowest BCUT2D eigenvalue weighted by Crippen LogP contribution is -2.30. The third kappa shape index (κ3) is 3.73. The first-order chi connectivity index (χ1) is 10.0. The number of carbonyl (C=O) groups excluding carboxylic acids is 1. The zero-order valence-corrected chi connectivity index (χ0v) is 13.0. The number of amides is 1. The maximum Gasteiger partial charge on any atom is 0.221 e. The minimum absolute atomic E-state index is 0.0759. The van der Waals surface area contributed by atoms with Crippen molar-refractivity contribution in [3.05, 3.63) is 29.1 Å². The smallest absolute Gasteiger partial charge is 0.221 e. The molecule has 1 amide bonds. The average Bonchev–Trinajstić information content (AvgIpc) is 2.66. The predicted molar refractivity (Wildman–Crippen MR) is 83.1 cm³/mol. The molecule has 2 rings (SSSR count). The van der Waals surface area contributed by atoms with Crippen LogP contribution in [0.2, 0.25) is 0 Å². The topological polar surface area (TPSA) is 44.4 Å². The SMILES string of the molecule is CCNC(C)c1cc(F)c(C)cc1N1CCNC(=O)CC1. The van der Waals surface area contributed by atoms with Crippen molar-refractivity contribution in [2.75, 3.05) is 31.1 Å². The summed E-state index contributed by atoms with van der Waals surface area (Å²) in [5.41, 5.74) is 2.62. The molecular formula is C16H24FN3O. The van der Waals surface area contributed by atoms with Crippen LogP contribution >= 0.6 is 0 Å². The molecule has 1 aromatic rings. The number of nitrogens with one attached hydrogen (secondary N) is 2. The minimum Gasteiger partial charge on any atom is -0.369 e. The van der Waals surface area contributed by atoms with Gasteiger partial charge >= 0.3 is 0 Å². The Bertz CT molecular complexity index is 518. The average molecular weight is 293 g/mol. The Balaban J connectivity index is 2.35. The van der Waals surface area contributed by atoms with Crippen LogP contribution in [0.3, 0.4) is 0 Å². The van der Waals surface area contributed by atoms with E-state index in [1.807, 2.05) is 19.9 Å². The Kier molecular flexibility index (Phi) is 5.17. The van der Waals surface area contributed by atoms with E-state index in [1.54, 1.807) is 13.0 Å². The highest BCUT2D eigenvalue weighted by atomic mass is 19.1. The highest BCUT2D eigenvalue weighted by Crippen LogP contribution is 2.29. The molecule has 116 valence electrons. The summed E-state index contributed by atoms with van der Waals surface area (Å²) in [7, 11) is 0. The van der Waals surface area contributed by atoms with E-state index in [0.29, 0.717) is 25.1 Å². The number of carbonyl (C=O) groups is 1. The first-order valence-corrected chi connectivity index (χ1v) is 7.58. The highest BCUT2D eigenvalue weighted by Gasteiger charge is 2.20. The molecule has 1 fully saturated rings. The Labute approximate surface area is 125 Å². The van der Waals surface area contributed by atoms with Crippen molar-refractivity contribution < 1.29 is 9.18 Å². The van der Waals surface area contributed by atoms with Gasteiger partial charge in [0.15, 0.2) is 0 Å². The van der Waals surface area contributed by atoms with Crippen LogP contribution in [0.4, 0.5) is 10.1 Å². The van der Waals surface area contributed by atoms with Gasteiger partial charge in [0.1, 0.15) is 5.82 Å². The molecule has 0 aliphatic carbocycles. The Morgan fingerprint density at radius 2 is 2.19 bits per heavy atom. The maximum atomic E-state index is 14.0. The van der Waals surface area contributed by atoms with Crippen molar-refractivity contribution >= 4 is 11.6 Å². The lowest BCUT2D eigenvalue weighted by Gasteiger charge is -2.28. The van der Waals surface area contributed by atoms with Crippen molar-refractivity contribution in [3.8, 4) is 0 Å². The highest BCUT2D eigenvalue weighted by molar-refractivity contribution is 5.77. The summed E-state index contributed by atoms with van der Waals surface area (Å²) in [5, 5.41) is 6.21. The number of halogens is 1. The molecule has 5 heteroatoms. The fourth-order valence-corrected chi connectivity index (χ4v) is 2.73. The molecule has 1 heterocycles. The van der Waals surface area contributed by atoms with E-state index < -0.39 is 0 Å². The summed E-state index contributed by atoms with van der Waals surface area (Å²) >= 11 is 0. The summed E-state index contributed by atoms with van der Waals surface area (Å²) < 4.78 is 14.0. The summed E-state index contributed by atoms with van der Waals surface area (Å²) in [4.78, 5) is 13.7. The monoisotopic (exact) mass is 293 g/mol. The first-order valence-electron chi connectivity index (χ1n) is 7.58. The van der Waals surface area contributed by atoms with Gasteiger partial charge in [0.25, 0.3) is 0 Å². The second-order valence-corrected chi connectivity index (χ2v) is 5.53. The van der Waals surface area contributed by atoms with Gasteiger partial charge in [-0.1, -0.05) is 6.92 Å². The zero-order valence-electron chi connectivity index (χ0n) is 13.0. The number of aryl methyl sites for hydroxylation is 1. The summed E-state index contributed by atoms with van der Waals surface area (Å²) in [6.45, 7) is 8.74. The number of benzene rings is 1. The number of anilines is 1. The van der Waals surface area contributed by atoms with Crippen molar-refractivity contribution in [3.63, 3.8) is 0 Å². The minimum atomic E-state index is -0.178. The number of hydrogen-bond acceptors (Lipinski definition) is 3. The Morgan fingerprint density at radius 1 is 1.43 bits per heavy atom. The van der Waals surface area contributed by atoms with Crippen LogP contribution in [0.1, 0.15) is 37.4 Å². The summed E-state index contributed by atoms with van der Waals surface area (Å²) in [6, 6.07) is 3.60. The van der Waals surface area contributed by atoms with Crippen LogP contribution in [0, 0.1) is 12.7 Å². The molecule has 2 N–H and O–H groups in total. The normalized spacial score (nSPS) is 17.3. The van der Waals surface area contributed by atoms with Gasteiger partial charge in [0.2, 0.25) is 5.91 Å². The van der Waals surface area contributed by atoms with Crippen LogP contribution in [0.25, 0.3) is 0 Å². The number of nitrogens with zero attached hydrogens (tertiary/aromatic N) is 1. The van der Waals surface area contributed by atoms with E-state index in [2.05, 4.69) is 15.5 Å². The quantitative estimate of drug-likeness (QED) is 0.894. The van der Waals surface area contributed by atoms with Crippen LogP contribution in [-0.4, -0.2) is 32.1 Å². The molecule has 4 nitrogen and oxygen atoms in total.